The van der Waals surface area contributed by atoms with E-state index >= 15 is 0 Å². The van der Waals surface area contributed by atoms with E-state index in [1.807, 2.05) is 31.2 Å². The highest BCUT2D eigenvalue weighted by Gasteiger charge is 2.09. The van der Waals surface area contributed by atoms with Gasteiger partial charge in [-0.15, -0.1) is 0 Å². The van der Waals surface area contributed by atoms with Gasteiger partial charge < -0.3 is 0 Å². The van der Waals surface area contributed by atoms with Crippen molar-refractivity contribution in [2.75, 3.05) is 0 Å². The van der Waals surface area contributed by atoms with E-state index in [2.05, 4.69) is 0 Å². The topological polar surface area (TPSA) is 0 Å². The highest BCUT2D eigenvalue weighted by Crippen LogP contribution is 2.28. The Balaban J connectivity index is 2.65. The Bertz CT molecular complexity index is 530. The van der Waals surface area contributed by atoms with Crippen molar-refractivity contribution in [1.82, 2.24) is 0 Å². The summed E-state index contributed by atoms with van der Waals surface area (Å²) >= 11 is 0. The van der Waals surface area contributed by atoms with Gasteiger partial charge in [0, 0.05) is 0 Å². The van der Waals surface area contributed by atoms with Gasteiger partial charge in [-0.25, -0.2) is 8.78 Å². The Kier molecular flexibility index (Phi) is 2.73. The molecule has 0 nitrogen and oxygen atoms in total. The molecule has 2 aromatic rings. The fourth-order valence-electron chi connectivity index (χ4n) is 1.81. The van der Waals surface area contributed by atoms with E-state index in [-0.39, 0.29) is 0 Å². The van der Waals surface area contributed by atoms with Crippen LogP contribution in [0.25, 0.3) is 11.1 Å². The van der Waals surface area contributed by atoms with Crippen molar-refractivity contribution in [3.8, 4) is 11.1 Å². The number of rotatable bonds is 1. The van der Waals surface area contributed by atoms with Crippen molar-refractivity contribution in [2.45, 2.75) is 13.8 Å². The molecule has 0 heterocycles. The predicted octanol–water partition coefficient (Wildman–Crippen LogP) is 4.25. The van der Waals surface area contributed by atoms with Crippen LogP contribution in [0.2, 0.25) is 0 Å². The maximum absolute atomic E-state index is 13.2. The maximum atomic E-state index is 13.2. The van der Waals surface area contributed by atoms with Gasteiger partial charge in [0.25, 0.3) is 0 Å². The molecule has 0 atom stereocenters. The van der Waals surface area contributed by atoms with Crippen LogP contribution in [0.15, 0.2) is 36.4 Å². The van der Waals surface area contributed by atoms with E-state index in [1.54, 1.807) is 6.92 Å². The van der Waals surface area contributed by atoms with Crippen LogP contribution in [0.5, 0.6) is 0 Å². The molecule has 0 fully saturated rings. The summed E-state index contributed by atoms with van der Waals surface area (Å²) in [6.45, 7) is 3.74. The predicted molar refractivity (Wildman–Crippen MR) is 61.3 cm³/mol. The monoisotopic (exact) mass is 218 g/mol. The van der Waals surface area contributed by atoms with Gasteiger partial charge in [0.05, 0.1) is 0 Å². The van der Waals surface area contributed by atoms with Gasteiger partial charge >= 0.3 is 0 Å². The minimum Gasteiger partial charge on any atom is -0.204 e. The fraction of sp³-hybridized carbons (Fsp3) is 0.143. The molecule has 0 amide bonds. The van der Waals surface area contributed by atoms with Crippen LogP contribution in [0, 0.1) is 25.5 Å². The van der Waals surface area contributed by atoms with Crippen molar-refractivity contribution >= 4 is 0 Å². The molecular weight excluding hydrogens is 206 g/mol. The first-order valence-electron chi connectivity index (χ1n) is 5.11. The first-order valence-corrected chi connectivity index (χ1v) is 5.11. The molecule has 0 unspecified atom stereocenters. The van der Waals surface area contributed by atoms with Gasteiger partial charge in [0.15, 0.2) is 11.6 Å². The normalized spacial score (nSPS) is 10.5. The minimum absolute atomic E-state index is 0.744. The smallest absolute Gasteiger partial charge is 0.159 e. The molecule has 16 heavy (non-hydrogen) atoms. The van der Waals surface area contributed by atoms with Crippen molar-refractivity contribution in [3.63, 3.8) is 0 Å². The average Bonchev–Trinajstić information content (AvgIpc) is 2.25. The maximum Gasteiger partial charge on any atom is 0.159 e. The van der Waals surface area contributed by atoms with Crippen molar-refractivity contribution in [3.05, 3.63) is 59.2 Å². The lowest BCUT2D eigenvalue weighted by molar-refractivity contribution is 0.508. The number of hydrogen-bond acceptors (Lipinski definition) is 0. The third-order valence-electron chi connectivity index (χ3n) is 2.70. The summed E-state index contributed by atoms with van der Waals surface area (Å²) in [5.41, 5.74) is 3.49. The number of aryl methyl sites for hydroxylation is 2. The van der Waals surface area contributed by atoms with Crippen LogP contribution in [-0.4, -0.2) is 0 Å². The molecule has 0 aliphatic carbocycles. The summed E-state index contributed by atoms with van der Waals surface area (Å²) in [4.78, 5) is 0. The third-order valence-corrected chi connectivity index (χ3v) is 2.70. The Morgan fingerprint density at radius 3 is 2.06 bits per heavy atom. The van der Waals surface area contributed by atoms with Crippen LogP contribution in [0.3, 0.4) is 0 Å². The van der Waals surface area contributed by atoms with Crippen molar-refractivity contribution in [2.24, 2.45) is 0 Å². The van der Waals surface area contributed by atoms with Crippen molar-refractivity contribution in [1.29, 1.82) is 0 Å². The minimum atomic E-state index is -0.802. The Morgan fingerprint density at radius 1 is 0.750 bits per heavy atom. The Morgan fingerprint density at radius 2 is 1.38 bits per heavy atom. The fourth-order valence-corrected chi connectivity index (χ4v) is 1.81. The summed E-state index contributed by atoms with van der Waals surface area (Å²) in [5.74, 6) is -1.60. The van der Waals surface area contributed by atoms with Crippen LogP contribution < -0.4 is 0 Å². The highest BCUT2D eigenvalue weighted by molar-refractivity contribution is 5.70. The molecule has 2 aromatic carbocycles. The first-order chi connectivity index (χ1) is 7.59. The molecule has 0 aromatic heterocycles. The Hall–Kier alpha value is -1.70. The number of halogens is 2. The van der Waals surface area contributed by atoms with Gasteiger partial charge in [0.1, 0.15) is 0 Å². The number of hydrogen-bond donors (Lipinski definition) is 0. The van der Waals surface area contributed by atoms with E-state index in [0.29, 0.717) is 0 Å². The summed E-state index contributed by atoms with van der Waals surface area (Å²) < 4.78 is 26.2. The zero-order valence-electron chi connectivity index (χ0n) is 9.22. The van der Waals surface area contributed by atoms with Crippen LogP contribution in [0.4, 0.5) is 8.78 Å². The van der Waals surface area contributed by atoms with Crippen LogP contribution >= 0.6 is 0 Å². The summed E-state index contributed by atoms with van der Waals surface area (Å²) in [5, 5.41) is 0. The molecule has 0 N–H and O–H groups in total. The highest BCUT2D eigenvalue weighted by atomic mass is 19.2. The molecule has 82 valence electrons. The van der Waals surface area contributed by atoms with E-state index in [1.165, 1.54) is 12.1 Å². The van der Waals surface area contributed by atoms with Gasteiger partial charge in [-0.2, -0.15) is 0 Å². The van der Waals surface area contributed by atoms with Gasteiger partial charge in [-0.05, 0) is 48.2 Å². The zero-order valence-corrected chi connectivity index (χ0v) is 9.22. The molecule has 0 saturated carbocycles. The van der Waals surface area contributed by atoms with E-state index in [0.717, 1.165) is 22.3 Å². The molecule has 0 aliphatic rings. The quantitative estimate of drug-likeness (QED) is 0.671. The molecular formula is C14H12F2. The lowest BCUT2D eigenvalue weighted by Crippen LogP contribution is -1.91. The largest absolute Gasteiger partial charge is 0.204 e. The summed E-state index contributed by atoms with van der Waals surface area (Å²) in [7, 11) is 0. The van der Waals surface area contributed by atoms with Gasteiger partial charge in [-0.3, -0.25) is 0 Å². The van der Waals surface area contributed by atoms with Crippen LogP contribution in [-0.2, 0) is 0 Å². The molecule has 0 bridgehead atoms. The molecule has 0 saturated heterocycles. The van der Waals surface area contributed by atoms with Gasteiger partial charge in [0.2, 0.25) is 0 Å². The van der Waals surface area contributed by atoms with Crippen molar-refractivity contribution < 1.29 is 8.78 Å². The molecule has 2 rings (SSSR count). The second-order valence-corrected chi connectivity index (χ2v) is 3.90. The second-order valence-electron chi connectivity index (χ2n) is 3.90. The van der Waals surface area contributed by atoms with E-state index < -0.39 is 11.6 Å². The number of benzene rings is 2. The molecule has 0 radical (unpaired) electrons. The van der Waals surface area contributed by atoms with E-state index in [9.17, 15) is 8.78 Å². The Labute approximate surface area is 93.5 Å². The second kappa shape index (κ2) is 4.05. The molecule has 2 heteroatoms. The first kappa shape index (κ1) is 10.8. The SMILES string of the molecule is Cc1ccccc1-c1cc(F)c(F)cc1C. The average molecular weight is 218 g/mol. The van der Waals surface area contributed by atoms with E-state index in [4.69, 9.17) is 0 Å². The summed E-state index contributed by atoms with van der Waals surface area (Å²) in [6, 6.07) is 10.2. The molecule has 0 aliphatic heterocycles. The lowest BCUT2D eigenvalue weighted by Gasteiger charge is -2.09. The molecule has 0 spiro atoms. The standard InChI is InChI=1S/C14H12F2/c1-9-5-3-4-6-11(9)12-8-14(16)13(15)7-10(12)2/h3-8H,1-2H3. The van der Waals surface area contributed by atoms with Crippen LogP contribution in [0.1, 0.15) is 11.1 Å². The summed E-state index contributed by atoms with van der Waals surface area (Å²) in [6.07, 6.45) is 0. The third kappa shape index (κ3) is 1.83. The zero-order chi connectivity index (χ0) is 11.7. The lowest BCUT2D eigenvalue weighted by atomic mass is 9.96. The van der Waals surface area contributed by atoms with Gasteiger partial charge in [-0.1, -0.05) is 24.3 Å².